The van der Waals surface area contributed by atoms with Gasteiger partial charge in [0.2, 0.25) is 5.91 Å². The Kier molecular flexibility index (Phi) is 4.90. The first-order valence-electron chi connectivity index (χ1n) is 8.76. The summed E-state index contributed by atoms with van der Waals surface area (Å²) in [5.41, 5.74) is 5.74. The average Bonchev–Trinajstić information content (AvgIpc) is 3.02. The Balaban J connectivity index is 1.46. The maximum atomic E-state index is 12.2. The Morgan fingerprint density at radius 1 is 0.926 bits per heavy atom. The highest BCUT2D eigenvalue weighted by Crippen LogP contribution is 2.28. The lowest BCUT2D eigenvalue weighted by Gasteiger charge is -2.06. The van der Waals surface area contributed by atoms with Gasteiger partial charge in [0.15, 0.2) is 0 Å². The first-order chi connectivity index (χ1) is 13.2. The predicted molar refractivity (Wildman–Crippen MR) is 111 cm³/mol. The molecule has 4 nitrogen and oxygen atoms in total. The smallest absolute Gasteiger partial charge is 0.241 e. The van der Waals surface area contributed by atoms with Gasteiger partial charge in [-0.3, -0.25) is 4.79 Å². The number of hydrogen-bond donors (Lipinski definition) is 1. The summed E-state index contributed by atoms with van der Waals surface area (Å²) in [6.07, 6.45) is 1.95. The molecule has 0 unspecified atom stereocenters. The van der Waals surface area contributed by atoms with E-state index in [4.69, 9.17) is 11.6 Å². The van der Waals surface area contributed by atoms with Gasteiger partial charge in [-0.05, 0) is 29.8 Å². The molecule has 27 heavy (non-hydrogen) atoms. The van der Waals surface area contributed by atoms with Crippen molar-refractivity contribution in [1.29, 1.82) is 0 Å². The fourth-order valence-corrected chi connectivity index (χ4v) is 3.37. The fraction of sp³-hybridized carbons (Fsp3) is 0.0909. The van der Waals surface area contributed by atoms with E-state index >= 15 is 0 Å². The van der Waals surface area contributed by atoms with Crippen LogP contribution in [-0.2, 0) is 11.3 Å². The van der Waals surface area contributed by atoms with Gasteiger partial charge in [-0.15, -0.1) is 0 Å². The number of aryl methyl sites for hydroxylation is 1. The van der Waals surface area contributed by atoms with Crippen molar-refractivity contribution in [3.8, 4) is 0 Å². The van der Waals surface area contributed by atoms with Crippen molar-refractivity contribution in [3.05, 3.63) is 83.4 Å². The van der Waals surface area contributed by atoms with E-state index in [1.165, 1.54) is 10.8 Å². The summed E-state index contributed by atoms with van der Waals surface area (Å²) >= 11 is 5.85. The number of nitrogens with zero attached hydrogens (tertiary/aromatic N) is 2. The molecule has 0 radical (unpaired) electrons. The van der Waals surface area contributed by atoms with Crippen LogP contribution >= 0.6 is 11.6 Å². The van der Waals surface area contributed by atoms with E-state index in [2.05, 4.69) is 39.4 Å². The maximum Gasteiger partial charge on any atom is 0.241 e. The third-order valence-corrected chi connectivity index (χ3v) is 4.77. The average molecular weight is 376 g/mol. The van der Waals surface area contributed by atoms with Gasteiger partial charge in [0.25, 0.3) is 0 Å². The zero-order chi connectivity index (χ0) is 18.6. The van der Waals surface area contributed by atoms with Crippen LogP contribution in [0.1, 0.15) is 12.0 Å². The largest absolute Gasteiger partial charge is 0.340 e. The van der Waals surface area contributed by atoms with Crippen LogP contribution in [0.4, 0.5) is 0 Å². The second-order valence-corrected chi connectivity index (χ2v) is 6.72. The Bertz CT molecular complexity index is 1080. The van der Waals surface area contributed by atoms with Crippen LogP contribution in [0, 0.1) is 0 Å². The second-order valence-electron chi connectivity index (χ2n) is 6.28. The molecule has 5 heteroatoms. The number of aromatic nitrogens is 1. The molecule has 1 N–H and O–H groups in total. The number of nitrogens with one attached hydrogen (secondary N) is 1. The summed E-state index contributed by atoms with van der Waals surface area (Å²) in [6, 6.07) is 23.8. The van der Waals surface area contributed by atoms with Crippen LogP contribution in [0.5, 0.6) is 0 Å². The van der Waals surface area contributed by atoms with Gasteiger partial charge in [0, 0.05) is 39.8 Å². The zero-order valence-corrected chi connectivity index (χ0v) is 15.4. The minimum atomic E-state index is -0.123. The van der Waals surface area contributed by atoms with Crippen LogP contribution in [0.25, 0.3) is 21.8 Å². The van der Waals surface area contributed by atoms with E-state index in [9.17, 15) is 4.79 Å². The fourth-order valence-electron chi connectivity index (χ4n) is 3.24. The highest BCUT2D eigenvalue weighted by atomic mass is 35.5. The zero-order valence-electron chi connectivity index (χ0n) is 14.6. The summed E-state index contributed by atoms with van der Waals surface area (Å²) in [6.45, 7) is 0.594. The van der Waals surface area contributed by atoms with E-state index in [0.29, 0.717) is 18.0 Å². The molecule has 1 heterocycles. The molecule has 4 rings (SSSR count). The Hall–Kier alpha value is -3.11. The maximum absolute atomic E-state index is 12.2. The van der Waals surface area contributed by atoms with Crippen molar-refractivity contribution < 1.29 is 4.79 Å². The number of para-hydroxylation sites is 2. The molecule has 0 saturated heterocycles. The molecule has 4 aromatic rings. The summed E-state index contributed by atoms with van der Waals surface area (Å²) in [7, 11) is 0. The Morgan fingerprint density at radius 2 is 1.52 bits per heavy atom. The summed E-state index contributed by atoms with van der Waals surface area (Å²) in [5.74, 6) is -0.123. The van der Waals surface area contributed by atoms with Gasteiger partial charge in [-0.1, -0.05) is 60.1 Å². The molecule has 1 aromatic heterocycles. The van der Waals surface area contributed by atoms with E-state index < -0.39 is 0 Å². The van der Waals surface area contributed by atoms with Crippen molar-refractivity contribution >= 4 is 45.5 Å². The molecule has 134 valence electrons. The normalized spacial score (nSPS) is 11.4. The lowest BCUT2D eigenvalue weighted by atomic mass is 10.2. The topological polar surface area (TPSA) is 46.4 Å². The molecule has 3 aromatic carbocycles. The number of benzene rings is 3. The molecular weight excluding hydrogens is 358 g/mol. The number of halogens is 1. The van der Waals surface area contributed by atoms with Gasteiger partial charge < -0.3 is 4.57 Å². The molecule has 0 aliphatic rings. The number of fused-ring (bicyclic) bond motifs is 3. The number of rotatable bonds is 5. The summed E-state index contributed by atoms with van der Waals surface area (Å²) < 4.78 is 2.19. The summed E-state index contributed by atoms with van der Waals surface area (Å²) in [5, 5.41) is 7.09. The molecule has 0 bridgehead atoms. The van der Waals surface area contributed by atoms with Gasteiger partial charge in [-0.2, -0.15) is 5.10 Å². The molecule has 0 saturated carbocycles. The molecule has 0 aliphatic carbocycles. The highest BCUT2D eigenvalue weighted by Gasteiger charge is 2.10. The standard InChI is InChI=1S/C22H18ClN3O/c23-17-11-9-16(10-12-17)15-24-25-22(27)13-14-26-20-7-3-1-5-18(20)19-6-2-4-8-21(19)26/h1-12,15H,13-14H2,(H,25,27)/b24-15+. The van der Waals surface area contributed by atoms with Crippen LogP contribution in [0.15, 0.2) is 77.9 Å². The monoisotopic (exact) mass is 375 g/mol. The Labute approximate surface area is 162 Å². The van der Waals surface area contributed by atoms with E-state index in [0.717, 1.165) is 16.6 Å². The van der Waals surface area contributed by atoms with Crippen molar-refractivity contribution in [1.82, 2.24) is 9.99 Å². The van der Waals surface area contributed by atoms with E-state index in [1.54, 1.807) is 18.3 Å². The van der Waals surface area contributed by atoms with Gasteiger partial charge in [0.05, 0.1) is 6.21 Å². The first kappa shape index (κ1) is 17.3. The predicted octanol–water partition coefficient (Wildman–Crippen LogP) is 4.99. The molecular formula is C22H18ClN3O. The van der Waals surface area contributed by atoms with Crippen molar-refractivity contribution in [2.75, 3.05) is 0 Å². The first-order valence-corrected chi connectivity index (χ1v) is 9.13. The molecule has 0 spiro atoms. The van der Waals surface area contributed by atoms with E-state index in [1.807, 2.05) is 36.4 Å². The SMILES string of the molecule is O=C(CCn1c2ccccc2c2ccccc21)N/N=C/c1ccc(Cl)cc1. The second kappa shape index (κ2) is 7.64. The number of amides is 1. The number of carbonyl (C=O) groups is 1. The lowest BCUT2D eigenvalue weighted by Crippen LogP contribution is -2.19. The lowest BCUT2D eigenvalue weighted by molar-refractivity contribution is -0.121. The molecule has 1 amide bonds. The van der Waals surface area contributed by atoms with Gasteiger partial charge in [0.1, 0.15) is 0 Å². The third-order valence-electron chi connectivity index (χ3n) is 4.52. The molecule has 0 atom stereocenters. The van der Waals surface area contributed by atoms with Gasteiger partial charge >= 0.3 is 0 Å². The van der Waals surface area contributed by atoms with Crippen molar-refractivity contribution in [2.45, 2.75) is 13.0 Å². The number of hydrogen-bond acceptors (Lipinski definition) is 2. The summed E-state index contributed by atoms with van der Waals surface area (Å²) in [4.78, 5) is 12.2. The van der Waals surface area contributed by atoms with Crippen LogP contribution in [0.2, 0.25) is 5.02 Å². The van der Waals surface area contributed by atoms with Crippen molar-refractivity contribution in [3.63, 3.8) is 0 Å². The van der Waals surface area contributed by atoms with Crippen LogP contribution in [-0.4, -0.2) is 16.7 Å². The highest BCUT2D eigenvalue weighted by molar-refractivity contribution is 6.30. The van der Waals surface area contributed by atoms with Crippen molar-refractivity contribution in [2.24, 2.45) is 5.10 Å². The number of carbonyl (C=O) groups excluding carboxylic acids is 1. The van der Waals surface area contributed by atoms with E-state index in [-0.39, 0.29) is 5.91 Å². The van der Waals surface area contributed by atoms with Crippen LogP contribution < -0.4 is 5.43 Å². The minimum Gasteiger partial charge on any atom is -0.340 e. The third kappa shape index (κ3) is 3.71. The molecule has 0 aliphatic heterocycles. The number of hydrazone groups is 1. The van der Waals surface area contributed by atoms with Crippen LogP contribution in [0.3, 0.4) is 0 Å². The van der Waals surface area contributed by atoms with Gasteiger partial charge in [-0.25, -0.2) is 5.43 Å². The molecule has 0 fully saturated rings. The quantitative estimate of drug-likeness (QED) is 0.387. The Morgan fingerprint density at radius 3 is 2.15 bits per heavy atom. The minimum absolute atomic E-state index is 0.123.